The van der Waals surface area contributed by atoms with Crippen LogP contribution in [0.3, 0.4) is 0 Å². The molecule has 2 aromatic heterocycles. The molecule has 0 spiro atoms. The van der Waals surface area contributed by atoms with Crippen LogP contribution in [0.1, 0.15) is 50.7 Å². The van der Waals surface area contributed by atoms with Crippen LogP contribution < -0.4 is 16.3 Å². The molecule has 350 valence electrons. The fourth-order valence-corrected chi connectivity index (χ4v) is 18.7. The van der Waals surface area contributed by atoms with Crippen molar-refractivity contribution in [2.75, 3.05) is 5.32 Å². The molecule has 1 N–H and O–H groups in total. The molecule has 14 rings (SSSR count). The van der Waals surface area contributed by atoms with Gasteiger partial charge in [0.2, 0.25) is 0 Å². The summed E-state index contributed by atoms with van der Waals surface area (Å²) >= 11 is 4.70. The van der Waals surface area contributed by atoms with Gasteiger partial charge in [-0.05, 0) is 0 Å². The van der Waals surface area contributed by atoms with E-state index in [1.165, 1.54) is 27.1 Å². The van der Waals surface area contributed by atoms with Gasteiger partial charge in [-0.25, -0.2) is 0 Å². The van der Waals surface area contributed by atoms with Crippen molar-refractivity contribution in [1.82, 2.24) is 4.75 Å². The molecule has 4 aliphatic rings. The summed E-state index contributed by atoms with van der Waals surface area (Å²) in [5.74, 6) is 3.91. The van der Waals surface area contributed by atoms with Crippen LogP contribution in [-0.2, 0) is 0 Å². The van der Waals surface area contributed by atoms with Crippen molar-refractivity contribution >= 4 is 123 Å². The minimum atomic E-state index is -2.34. The van der Waals surface area contributed by atoms with E-state index in [4.69, 9.17) is 25.0 Å². The second-order valence-corrected chi connectivity index (χ2v) is 27.3. The van der Waals surface area contributed by atoms with Gasteiger partial charge in [0.05, 0.1) is 0 Å². The van der Waals surface area contributed by atoms with Crippen molar-refractivity contribution in [3.8, 4) is 0 Å². The topological polar surface area (TPSA) is 83.7 Å². The number of hydrogen-bond acceptors (Lipinski definition) is 10. The Morgan fingerprint density at radius 1 is 0.397 bits per heavy atom. The van der Waals surface area contributed by atoms with E-state index in [0.29, 0.717) is 17.5 Å². The van der Waals surface area contributed by atoms with Gasteiger partial charge in [-0.15, -0.1) is 0 Å². The zero-order valence-electron chi connectivity index (χ0n) is 40.0. The number of amidine groups is 3. The number of aromatic nitrogens is 2. The van der Waals surface area contributed by atoms with E-state index in [9.17, 15) is 0 Å². The summed E-state index contributed by atoms with van der Waals surface area (Å²) in [7, 11) is 0. The van der Waals surface area contributed by atoms with Crippen LogP contribution in [0.2, 0.25) is 0 Å². The number of benzene rings is 8. The molecule has 2 radical (unpaired) electrons. The third-order valence-corrected chi connectivity index (χ3v) is 22.7. The van der Waals surface area contributed by atoms with Gasteiger partial charge in [-0.3, -0.25) is 0 Å². The zero-order valence-corrected chi connectivity index (χ0v) is 47.2. The zero-order chi connectivity index (χ0) is 48.9. The number of hydrogen-bond donors (Lipinski definition) is 1. The molecule has 0 amide bonds. The molecule has 1 unspecified atom stereocenters. The summed E-state index contributed by atoms with van der Waals surface area (Å²) in [4.78, 5) is 37.6. The summed E-state index contributed by atoms with van der Waals surface area (Å²) in [6, 6.07) is 61.5. The number of nitrogens with zero attached hydrogens (tertiary/aromatic N) is 7. The molecule has 0 aliphatic carbocycles. The van der Waals surface area contributed by atoms with E-state index in [0.717, 1.165) is 101 Å². The van der Waals surface area contributed by atoms with E-state index in [1.54, 1.807) is 47.0 Å². The maximum absolute atomic E-state index is 5.81. The Hall–Kier alpha value is -6.43. The Morgan fingerprint density at radius 2 is 0.808 bits per heavy atom. The summed E-state index contributed by atoms with van der Waals surface area (Å²) in [5, 5.41) is 8.34. The molecule has 73 heavy (non-hydrogen) atoms. The van der Waals surface area contributed by atoms with Crippen LogP contribution in [0.4, 0.5) is 11.6 Å². The van der Waals surface area contributed by atoms with Gasteiger partial charge < -0.3 is 0 Å². The number of anilines is 1. The minimum absolute atomic E-state index is 0.443. The molecule has 1 atom stereocenters. The van der Waals surface area contributed by atoms with Gasteiger partial charge in [0.25, 0.3) is 0 Å². The van der Waals surface area contributed by atoms with Gasteiger partial charge >= 0.3 is 456 Å². The number of rotatable bonds is 8. The van der Waals surface area contributed by atoms with Crippen molar-refractivity contribution in [1.29, 1.82) is 0 Å². The first-order valence-corrected chi connectivity index (χ1v) is 30.8. The Bertz CT molecular complexity index is 4180. The Balaban J connectivity index is 1.06. The summed E-state index contributed by atoms with van der Waals surface area (Å²) in [6.07, 6.45) is -0.443. The fourth-order valence-electron chi connectivity index (χ4n) is 9.82. The monoisotopic (exact) mass is 1210 g/mol. The summed E-state index contributed by atoms with van der Waals surface area (Å²) in [6.45, 7) is 8.53. The molecule has 6 heterocycles. The van der Waals surface area contributed by atoms with Gasteiger partial charge in [-0.1, -0.05) is 0 Å². The first kappa shape index (κ1) is 45.2. The van der Waals surface area contributed by atoms with E-state index >= 15 is 0 Å². The average Bonchev–Trinajstić information content (AvgIpc) is 4.12. The van der Waals surface area contributed by atoms with Crippen LogP contribution in [0.5, 0.6) is 0 Å². The first-order chi connectivity index (χ1) is 35.8. The van der Waals surface area contributed by atoms with E-state index in [2.05, 4.69) is 208 Å². The molecule has 0 saturated carbocycles. The molecule has 6 bridgehead atoms. The average molecular weight is 1210 g/mol. The fraction of sp³-hybridized carbons (Fsp3) is 0.0833. The second-order valence-electron chi connectivity index (χ2n) is 18.6. The number of aryl methyl sites for hydroxylation is 4. The third-order valence-electron chi connectivity index (χ3n) is 13.5. The third kappa shape index (κ3) is 8.04. The van der Waals surface area contributed by atoms with E-state index in [1.807, 2.05) is 0 Å². The Labute approximate surface area is 452 Å². The molecule has 8 nitrogen and oxygen atoms in total. The van der Waals surface area contributed by atoms with Gasteiger partial charge in [-0.2, -0.15) is 0 Å². The molecule has 10 aromatic rings. The number of aliphatic imine (C=N–C) groups is 3. The molecular formula is C60H42N8PbS4. The van der Waals surface area contributed by atoms with Crippen LogP contribution in [-0.4, -0.2) is 47.1 Å². The summed E-state index contributed by atoms with van der Waals surface area (Å²) in [5.41, 5.74) is 10.8. The molecule has 4 aliphatic heterocycles. The van der Waals surface area contributed by atoms with Crippen LogP contribution in [0.25, 0.3) is 21.5 Å². The molecule has 0 saturated heterocycles. The van der Waals surface area contributed by atoms with Crippen LogP contribution in [0, 0.1) is 27.7 Å². The van der Waals surface area contributed by atoms with Crippen molar-refractivity contribution in [2.24, 2.45) is 25.0 Å². The molecule has 8 aromatic carbocycles. The molecule has 13 heteroatoms. The molecule has 0 fully saturated rings. The number of fused-ring (bicyclic) bond motifs is 14. The summed E-state index contributed by atoms with van der Waals surface area (Å²) < 4.78 is 4.95. The van der Waals surface area contributed by atoms with E-state index < -0.39 is 31.0 Å². The van der Waals surface area contributed by atoms with Gasteiger partial charge in [0, 0.05) is 0 Å². The predicted octanol–water partition coefficient (Wildman–Crippen LogP) is 14.3. The van der Waals surface area contributed by atoms with Gasteiger partial charge in [0.1, 0.15) is 0 Å². The van der Waals surface area contributed by atoms with Crippen molar-refractivity contribution in [3.05, 3.63) is 225 Å². The standard InChI is InChI=1S/C60H42N8S4.Pb/c1-33-13-21-37(22-14-33)69-45-29-30-46(70-38-23-15-34(2)16-24-38)50-49(45)57-63-53-41-9-5-6-10-42(41)55(61-53)65-59-51-47(71-39-25-17-35(3)18-26-39)31-32-48(72-40-27-19-36(4)20-28-40)52(51)60(68-59)66-56-44-12-8-7-11-43(44)54(62-56)64-58(50)67-57;/h5-32,57,63H,1-4H3;/q-2;+2. The Morgan fingerprint density at radius 3 is 1.32 bits per heavy atom. The van der Waals surface area contributed by atoms with Crippen molar-refractivity contribution in [2.45, 2.75) is 73.0 Å². The SMILES string of the molecule is Cc1ccc(Sc2ccc(Sc3ccc(C)cc3)c3c2C2=NC3=Nc3c4ccccc4c4[n]3[Pb][n]3c(c5ccccc5c3=NC3=NC(N4)c4c(Sc5ccc(C)cc5)ccc(Sc5ccc(C)cc5)c43)=N2)cc1. The maximum atomic E-state index is 5.81. The predicted molar refractivity (Wildman–Crippen MR) is 302 cm³/mol. The van der Waals surface area contributed by atoms with Crippen LogP contribution in [0.15, 0.2) is 234 Å². The quantitative estimate of drug-likeness (QED) is 0.153. The van der Waals surface area contributed by atoms with Crippen LogP contribution >= 0.6 is 47.0 Å². The number of nitrogens with one attached hydrogen (secondary N) is 1. The second kappa shape index (κ2) is 18.2. The van der Waals surface area contributed by atoms with Crippen molar-refractivity contribution < 1.29 is 0 Å². The first-order valence-electron chi connectivity index (χ1n) is 24.1. The normalized spacial score (nSPS) is 14.9. The Kier molecular flexibility index (Phi) is 11.3. The molecular weight excluding hydrogens is 1170 g/mol. The van der Waals surface area contributed by atoms with E-state index in [-0.39, 0.29) is 0 Å². The van der Waals surface area contributed by atoms with Gasteiger partial charge in [0.15, 0.2) is 0 Å². The van der Waals surface area contributed by atoms with Crippen molar-refractivity contribution in [3.63, 3.8) is 0 Å².